The van der Waals surface area contributed by atoms with E-state index in [0.717, 1.165) is 103 Å². The number of hydrogen-bond donors (Lipinski definition) is 1. The highest BCUT2D eigenvalue weighted by atomic mass is 16.5. The van der Waals surface area contributed by atoms with Crippen LogP contribution in [0, 0.1) is 11.8 Å². The number of hydrogen-bond acceptors (Lipinski definition) is 4. The molecule has 0 amide bonds. The number of esters is 2. The van der Waals surface area contributed by atoms with Crippen LogP contribution < -0.4 is 0 Å². The fourth-order valence-electron chi connectivity index (χ4n) is 7.40. The van der Waals surface area contributed by atoms with Gasteiger partial charge in [-0.3, -0.25) is 9.59 Å². The summed E-state index contributed by atoms with van der Waals surface area (Å²) in [5, 5.41) is 0. The Morgan fingerprint density at radius 2 is 0.725 bits per heavy atom. The normalized spacial score (nSPS) is 12.6. The second-order valence-electron chi connectivity index (χ2n) is 15.7. The quantitative estimate of drug-likeness (QED) is 0.0547. The van der Waals surface area contributed by atoms with Crippen LogP contribution in [0.25, 0.3) is 0 Å². The van der Waals surface area contributed by atoms with Crippen LogP contribution in [0.2, 0.25) is 0 Å². The predicted molar refractivity (Wildman–Crippen MR) is 218 cm³/mol. The highest BCUT2D eigenvalue weighted by molar-refractivity contribution is 5.72. The van der Waals surface area contributed by atoms with Crippen LogP contribution in [0.4, 0.5) is 0 Å². The Kier molecular flexibility index (Phi) is 32.7. The number of ether oxygens (including phenoxy) is 2. The number of H-pyrrole nitrogens is 1. The van der Waals surface area contributed by atoms with Crippen molar-refractivity contribution in [2.24, 2.45) is 11.8 Å². The van der Waals surface area contributed by atoms with Crippen molar-refractivity contribution in [1.29, 1.82) is 0 Å². The standard InChI is InChI=1S/C46H85NO4/c1-5-9-13-17-19-25-33-41(31-23-15-11-7-3)45(48)50-37-29-22-21-27-35-43-39-47-40-44(43)36-28-30-38-51-46(49)42(32-24-16-12-8-4)34-26-20-18-14-10-6-2/h39-42,47H,5-38H2,1-4H3. The molecule has 1 N–H and O–H groups in total. The lowest BCUT2D eigenvalue weighted by atomic mass is 9.94. The molecule has 2 unspecified atom stereocenters. The Morgan fingerprint density at radius 3 is 1.14 bits per heavy atom. The third kappa shape index (κ3) is 26.6. The van der Waals surface area contributed by atoms with E-state index in [-0.39, 0.29) is 23.8 Å². The van der Waals surface area contributed by atoms with Gasteiger partial charge >= 0.3 is 11.9 Å². The number of rotatable bonds is 38. The molecule has 1 aromatic heterocycles. The van der Waals surface area contributed by atoms with Crippen LogP contribution in [0.15, 0.2) is 12.4 Å². The van der Waals surface area contributed by atoms with Crippen LogP contribution in [-0.4, -0.2) is 30.1 Å². The van der Waals surface area contributed by atoms with Gasteiger partial charge in [0.2, 0.25) is 0 Å². The average Bonchev–Trinajstić information content (AvgIpc) is 3.59. The van der Waals surface area contributed by atoms with Crippen LogP contribution in [0.3, 0.4) is 0 Å². The summed E-state index contributed by atoms with van der Waals surface area (Å²) in [7, 11) is 0. The van der Waals surface area contributed by atoms with Crippen molar-refractivity contribution < 1.29 is 19.1 Å². The van der Waals surface area contributed by atoms with Gasteiger partial charge in [-0.05, 0) is 75.3 Å². The first-order valence-corrected chi connectivity index (χ1v) is 22.5. The Bertz CT molecular complexity index is 911. The molecule has 298 valence electrons. The van der Waals surface area contributed by atoms with E-state index in [9.17, 15) is 9.59 Å². The van der Waals surface area contributed by atoms with Gasteiger partial charge in [-0.25, -0.2) is 0 Å². The van der Waals surface area contributed by atoms with E-state index in [1.54, 1.807) is 0 Å². The lowest BCUT2D eigenvalue weighted by Gasteiger charge is -2.16. The first kappa shape index (κ1) is 47.2. The van der Waals surface area contributed by atoms with Crippen molar-refractivity contribution in [2.75, 3.05) is 13.2 Å². The minimum atomic E-state index is 0.0487. The fourth-order valence-corrected chi connectivity index (χ4v) is 7.40. The fraction of sp³-hybridized carbons (Fsp3) is 0.870. The van der Waals surface area contributed by atoms with Gasteiger partial charge in [-0.15, -0.1) is 0 Å². The summed E-state index contributed by atoms with van der Waals surface area (Å²) < 4.78 is 11.6. The number of carbonyl (C=O) groups excluding carboxylic acids is 2. The zero-order chi connectivity index (χ0) is 37.0. The smallest absolute Gasteiger partial charge is 0.308 e. The number of aromatic amines is 1. The number of carbonyl (C=O) groups is 2. The first-order valence-electron chi connectivity index (χ1n) is 22.5. The van der Waals surface area contributed by atoms with E-state index >= 15 is 0 Å². The molecule has 51 heavy (non-hydrogen) atoms. The zero-order valence-corrected chi connectivity index (χ0v) is 34.5. The van der Waals surface area contributed by atoms with Gasteiger partial charge in [0, 0.05) is 12.4 Å². The molecular weight excluding hydrogens is 631 g/mol. The maximum atomic E-state index is 13.0. The largest absolute Gasteiger partial charge is 0.465 e. The van der Waals surface area contributed by atoms with Crippen LogP contribution >= 0.6 is 0 Å². The summed E-state index contributed by atoms with van der Waals surface area (Å²) in [5.41, 5.74) is 2.83. The number of aromatic nitrogens is 1. The maximum Gasteiger partial charge on any atom is 0.308 e. The van der Waals surface area contributed by atoms with Crippen molar-refractivity contribution in [3.05, 3.63) is 23.5 Å². The number of unbranched alkanes of at least 4 members (excludes halogenated alkanes) is 20. The van der Waals surface area contributed by atoms with Crippen molar-refractivity contribution in [3.63, 3.8) is 0 Å². The van der Waals surface area contributed by atoms with E-state index in [2.05, 4.69) is 45.1 Å². The molecule has 1 heterocycles. The van der Waals surface area contributed by atoms with E-state index < -0.39 is 0 Å². The van der Waals surface area contributed by atoms with Gasteiger partial charge in [-0.2, -0.15) is 0 Å². The SMILES string of the molecule is CCCCCCCCC(CCCCCC)C(=O)OCCCCCCc1c[nH]cc1CCCCOC(=O)C(CCCCCC)CCCCCCCC. The number of aryl methyl sites for hydroxylation is 2. The van der Waals surface area contributed by atoms with E-state index in [1.165, 1.54) is 114 Å². The van der Waals surface area contributed by atoms with E-state index in [1.807, 2.05) is 0 Å². The highest BCUT2D eigenvalue weighted by Gasteiger charge is 2.20. The van der Waals surface area contributed by atoms with Crippen LogP contribution in [0.5, 0.6) is 0 Å². The third-order valence-corrected chi connectivity index (χ3v) is 10.9. The average molecular weight is 716 g/mol. The highest BCUT2D eigenvalue weighted by Crippen LogP contribution is 2.23. The van der Waals surface area contributed by atoms with Gasteiger partial charge in [0.15, 0.2) is 0 Å². The topological polar surface area (TPSA) is 68.4 Å². The molecule has 1 rings (SSSR count). The third-order valence-electron chi connectivity index (χ3n) is 10.9. The predicted octanol–water partition coefficient (Wildman–Crippen LogP) is 14.2. The Hall–Kier alpha value is -1.78. The Balaban J connectivity index is 2.28. The molecule has 0 saturated carbocycles. The van der Waals surface area contributed by atoms with Gasteiger partial charge in [0.05, 0.1) is 25.0 Å². The molecule has 0 aliphatic carbocycles. The molecule has 0 fully saturated rings. The van der Waals surface area contributed by atoms with E-state index in [4.69, 9.17) is 9.47 Å². The lowest BCUT2D eigenvalue weighted by Crippen LogP contribution is -2.19. The van der Waals surface area contributed by atoms with Gasteiger partial charge < -0.3 is 14.5 Å². The Morgan fingerprint density at radius 1 is 0.431 bits per heavy atom. The summed E-state index contributed by atoms with van der Waals surface area (Å²) in [4.78, 5) is 29.2. The molecular formula is C46H85NO4. The minimum Gasteiger partial charge on any atom is -0.465 e. The molecule has 5 nitrogen and oxygen atoms in total. The van der Waals surface area contributed by atoms with Crippen LogP contribution in [-0.2, 0) is 31.9 Å². The maximum absolute atomic E-state index is 13.0. The second kappa shape index (κ2) is 35.3. The number of nitrogens with one attached hydrogen (secondary N) is 1. The van der Waals surface area contributed by atoms with Crippen LogP contribution in [0.1, 0.15) is 231 Å². The van der Waals surface area contributed by atoms with Crippen molar-refractivity contribution in [2.45, 2.75) is 233 Å². The van der Waals surface area contributed by atoms with Gasteiger partial charge in [0.1, 0.15) is 0 Å². The molecule has 0 radical (unpaired) electrons. The molecule has 0 aliphatic heterocycles. The molecule has 0 aromatic carbocycles. The molecule has 0 spiro atoms. The summed E-state index contributed by atoms with van der Waals surface area (Å²) in [5.74, 6) is 0.289. The summed E-state index contributed by atoms with van der Waals surface area (Å²) in [6.07, 6.45) is 41.7. The van der Waals surface area contributed by atoms with Crippen molar-refractivity contribution in [3.8, 4) is 0 Å². The summed E-state index contributed by atoms with van der Waals surface area (Å²) >= 11 is 0. The zero-order valence-electron chi connectivity index (χ0n) is 34.5. The Labute approximate surface area is 317 Å². The van der Waals surface area contributed by atoms with Gasteiger partial charge in [-0.1, -0.05) is 169 Å². The van der Waals surface area contributed by atoms with Gasteiger partial charge in [0.25, 0.3) is 0 Å². The second-order valence-corrected chi connectivity index (χ2v) is 15.7. The minimum absolute atomic E-state index is 0.0487. The summed E-state index contributed by atoms with van der Waals surface area (Å²) in [6.45, 7) is 10.1. The molecule has 5 heteroatoms. The summed E-state index contributed by atoms with van der Waals surface area (Å²) in [6, 6.07) is 0. The monoisotopic (exact) mass is 716 g/mol. The first-order chi connectivity index (χ1) is 25.1. The molecule has 1 aromatic rings. The van der Waals surface area contributed by atoms with Crippen molar-refractivity contribution >= 4 is 11.9 Å². The van der Waals surface area contributed by atoms with Crippen molar-refractivity contribution in [1.82, 2.24) is 4.98 Å². The molecule has 0 bridgehead atoms. The lowest BCUT2D eigenvalue weighted by molar-refractivity contribution is -0.150. The molecule has 2 atom stereocenters. The molecule has 0 saturated heterocycles. The molecule has 0 aliphatic rings. The van der Waals surface area contributed by atoms with E-state index in [0.29, 0.717) is 13.2 Å².